The van der Waals surface area contributed by atoms with E-state index in [1.165, 1.54) is 0 Å². The number of benzene rings is 1. The first-order valence-electron chi connectivity index (χ1n) is 12.7. The van der Waals surface area contributed by atoms with Crippen molar-refractivity contribution in [2.45, 2.75) is 57.5 Å². The first kappa shape index (κ1) is 22.7. The minimum absolute atomic E-state index is 0.0182. The lowest BCUT2D eigenvalue weighted by Crippen LogP contribution is -2.34. The van der Waals surface area contributed by atoms with E-state index in [1.807, 2.05) is 31.2 Å². The van der Waals surface area contributed by atoms with Gasteiger partial charge in [-0.2, -0.15) is 5.10 Å². The first-order valence-corrected chi connectivity index (χ1v) is 12.7. The number of imidazole rings is 1. The van der Waals surface area contributed by atoms with Crippen LogP contribution in [0.2, 0.25) is 0 Å². The van der Waals surface area contributed by atoms with E-state index in [9.17, 15) is 9.59 Å². The fraction of sp³-hybridized carbons (Fsp3) is 0.423. The van der Waals surface area contributed by atoms with Gasteiger partial charge in [-0.3, -0.25) is 14.5 Å². The predicted octanol–water partition coefficient (Wildman–Crippen LogP) is 3.36. The van der Waals surface area contributed by atoms with Gasteiger partial charge >= 0.3 is 0 Å². The van der Waals surface area contributed by atoms with E-state index in [0.717, 1.165) is 73.3 Å². The second-order valence-electron chi connectivity index (χ2n) is 9.85. The van der Waals surface area contributed by atoms with E-state index in [-0.39, 0.29) is 30.4 Å². The molecule has 2 aliphatic rings. The normalized spacial score (nSPS) is 18.9. The second-order valence-corrected chi connectivity index (χ2v) is 9.85. The molecule has 6 rings (SSSR count). The molecule has 1 aromatic carbocycles. The minimum Gasteiger partial charge on any atom is -0.349 e. The van der Waals surface area contributed by atoms with E-state index >= 15 is 0 Å². The van der Waals surface area contributed by atoms with Gasteiger partial charge in [0.15, 0.2) is 5.65 Å². The Morgan fingerprint density at radius 2 is 2.00 bits per heavy atom. The number of anilines is 1. The molecule has 2 amide bonds. The second kappa shape index (κ2) is 9.34. The number of likely N-dealkylation sites (tertiary alicyclic amines) is 1. The van der Waals surface area contributed by atoms with Crippen molar-refractivity contribution >= 4 is 34.2 Å². The van der Waals surface area contributed by atoms with Gasteiger partial charge in [0.1, 0.15) is 11.4 Å². The molecule has 36 heavy (non-hydrogen) atoms. The quantitative estimate of drug-likeness (QED) is 0.384. The third-order valence-electron chi connectivity index (χ3n) is 7.30. The van der Waals surface area contributed by atoms with Crippen LogP contribution in [0.15, 0.2) is 36.7 Å². The molecule has 1 saturated heterocycles. The third kappa shape index (κ3) is 4.32. The Bertz CT molecular complexity index is 1430. The highest BCUT2D eigenvalue weighted by Gasteiger charge is 2.31. The number of aromatic nitrogens is 5. The number of fused-ring (bicyclic) bond motifs is 2. The van der Waals surface area contributed by atoms with Crippen LogP contribution < -0.4 is 10.6 Å². The van der Waals surface area contributed by atoms with E-state index in [4.69, 9.17) is 0 Å². The number of carbonyl (C=O) groups is 2. The summed E-state index contributed by atoms with van der Waals surface area (Å²) < 4.78 is 1.76. The minimum atomic E-state index is -0.117. The number of aromatic amines is 1. The van der Waals surface area contributed by atoms with Crippen molar-refractivity contribution in [1.82, 2.24) is 34.8 Å². The summed E-state index contributed by atoms with van der Waals surface area (Å²) in [5, 5.41) is 10.7. The molecule has 0 radical (unpaired) electrons. The predicted molar refractivity (Wildman–Crippen MR) is 136 cm³/mol. The van der Waals surface area contributed by atoms with Gasteiger partial charge in [-0.05, 0) is 63.4 Å². The molecule has 0 unspecified atom stereocenters. The van der Waals surface area contributed by atoms with Crippen molar-refractivity contribution in [2.75, 3.05) is 18.4 Å². The van der Waals surface area contributed by atoms with Crippen LogP contribution in [0.5, 0.6) is 0 Å². The van der Waals surface area contributed by atoms with Gasteiger partial charge in [0.25, 0.3) is 5.91 Å². The van der Waals surface area contributed by atoms with Crippen LogP contribution in [-0.2, 0) is 4.79 Å². The average Bonchev–Trinajstić information content (AvgIpc) is 3.65. The molecule has 4 heterocycles. The smallest absolute Gasteiger partial charge is 0.256 e. The zero-order chi connectivity index (χ0) is 24.6. The highest BCUT2D eigenvalue weighted by Crippen LogP contribution is 2.32. The number of hydrogen-bond donors (Lipinski definition) is 3. The Labute approximate surface area is 208 Å². The number of amides is 2. The molecular weight excluding hydrogens is 456 g/mol. The lowest BCUT2D eigenvalue weighted by atomic mass is 10.1. The monoisotopic (exact) mass is 486 g/mol. The van der Waals surface area contributed by atoms with E-state index in [1.54, 1.807) is 16.9 Å². The lowest BCUT2D eigenvalue weighted by molar-refractivity contribution is -0.117. The Morgan fingerprint density at radius 1 is 1.14 bits per heavy atom. The van der Waals surface area contributed by atoms with Crippen molar-refractivity contribution in [3.05, 3.63) is 53.7 Å². The molecule has 3 N–H and O–H groups in total. The Hall–Kier alpha value is -3.79. The summed E-state index contributed by atoms with van der Waals surface area (Å²) in [5.41, 5.74) is 4.51. The summed E-state index contributed by atoms with van der Waals surface area (Å²) in [5.74, 6) is 0.656. The summed E-state index contributed by atoms with van der Waals surface area (Å²) in [4.78, 5) is 40.1. The lowest BCUT2D eigenvalue weighted by Gasteiger charge is -2.24. The number of nitrogens with zero attached hydrogens (tertiary/aromatic N) is 5. The van der Waals surface area contributed by atoms with Crippen LogP contribution >= 0.6 is 0 Å². The first-order chi connectivity index (χ1) is 17.5. The van der Waals surface area contributed by atoms with Gasteiger partial charge in [0.05, 0.1) is 35.5 Å². The highest BCUT2D eigenvalue weighted by atomic mass is 16.2. The van der Waals surface area contributed by atoms with E-state index in [0.29, 0.717) is 11.2 Å². The summed E-state index contributed by atoms with van der Waals surface area (Å²) in [6, 6.07) is 7.87. The molecule has 1 aliphatic heterocycles. The fourth-order valence-corrected chi connectivity index (χ4v) is 5.61. The molecule has 1 saturated carbocycles. The van der Waals surface area contributed by atoms with Gasteiger partial charge in [-0.1, -0.05) is 12.8 Å². The van der Waals surface area contributed by atoms with Crippen LogP contribution in [0.25, 0.3) is 16.7 Å². The number of carbonyl (C=O) groups excluding carboxylic acids is 2. The maximum atomic E-state index is 12.9. The molecule has 10 nitrogen and oxygen atoms in total. The maximum Gasteiger partial charge on any atom is 0.256 e. The van der Waals surface area contributed by atoms with Gasteiger partial charge < -0.3 is 15.6 Å². The summed E-state index contributed by atoms with van der Waals surface area (Å²) in [7, 11) is 0. The summed E-state index contributed by atoms with van der Waals surface area (Å²) >= 11 is 0. The van der Waals surface area contributed by atoms with Crippen LogP contribution in [0.1, 0.15) is 66.4 Å². The molecule has 3 aromatic heterocycles. The topological polar surface area (TPSA) is 120 Å². The SMILES string of the molecule is Cc1nc2ccc(NC(=O)CN3CCC[C@@H]3c3ccnc4c(C(=O)NC5CCCC5)cnn34)cc2[nH]1. The van der Waals surface area contributed by atoms with Gasteiger partial charge in [-0.25, -0.2) is 14.5 Å². The molecule has 10 heteroatoms. The Kier molecular flexibility index (Phi) is 5.88. The third-order valence-corrected chi connectivity index (χ3v) is 7.30. The molecule has 1 aliphatic carbocycles. The molecular formula is C26H30N8O2. The highest BCUT2D eigenvalue weighted by molar-refractivity contribution is 5.99. The molecule has 1 atom stereocenters. The maximum absolute atomic E-state index is 12.9. The molecule has 0 spiro atoms. The van der Waals surface area contributed by atoms with Crippen molar-refractivity contribution < 1.29 is 9.59 Å². The van der Waals surface area contributed by atoms with Crippen LogP contribution in [0.4, 0.5) is 5.69 Å². The number of nitrogens with one attached hydrogen (secondary N) is 3. The Morgan fingerprint density at radius 3 is 2.86 bits per heavy atom. The molecule has 0 bridgehead atoms. The zero-order valence-corrected chi connectivity index (χ0v) is 20.3. The van der Waals surface area contributed by atoms with Crippen molar-refractivity contribution in [2.24, 2.45) is 0 Å². The van der Waals surface area contributed by atoms with Crippen molar-refractivity contribution in [3.8, 4) is 0 Å². The van der Waals surface area contributed by atoms with Crippen molar-refractivity contribution in [3.63, 3.8) is 0 Å². The molecule has 186 valence electrons. The van der Waals surface area contributed by atoms with E-state index in [2.05, 4.69) is 35.6 Å². The summed E-state index contributed by atoms with van der Waals surface area (Å²) in [6.45, 7) is 2.99. The van der Waals surface area contributed by atoms with Crippen LogP contribution in [0.3, 0.4) is 0 Å². The van der Waals surface area contributed by atoms with Gasteiger partial charge in [0.2, 0.25) is 5.91 Å². The molecule has 2 fully saturated rings. The number of rotatable bonds is 6. The van der Waals surface area contributed by atoms with Crippen LogP contribution in [0, 0.1) is 6.92 Å². The average molecular weight is 487 g/mol. The number of H-pyrrole nitrogens is 1. The van der Waals surface area contributed by atoms with Gasteiger partial charge in [0, 0.05) is 17.9 Å². The number of hydrogen-bond acceptors (Lipinski definition) is 6. The number of aryl methyl sites for hydroxylation is 1. The summed E-state index contributed by atoms with van der Waals surface area (Å²) in [6.07, 6.45) is 9.60. The van der Waals surface area contributed by atoms with E-state index < -0.39 is 0 Å². The fourth-order valence-electron chi connectivity index (χ4n) is 5.61. The zero-order valence-electron chi connectivity index (χ0n) is 20.3. The van der Waals surface area contributed by atoms with Gasteiger partial charge in [-0.15, -0.1) is 0 Å². The molecule has 4 aromatic rings. The standard InChI is InChI=1S/C26H30N8O2/c1-16-29-20-9-8-18(13-21(20)30-16)31-24(35)15-33-12-4-7-22(33)23-10-11-27-25-19(14-28-34(23)25)26(36)32-17-5-2-3-6-17/h8-11,13-14,17,22H,2-7,12,15H2,1H3,(H,29,30)(H,31,35)(H,32,36)/t22-/m1/s1. The van der Waals surface area contributed by atoms with Crippen LogP contribution in [-0.4, -0.2) is 60.4 Å². The largest absolute Gasteiger partial charge is 0.349 e. The van der Waals surface area contributed by atoms with Crippen molar-refractivity contribution in [1.29, 1.82) is 0 Å². The Balaban J connectivity index is 1.18.